The van der Waals surface area contributed by atoms with E-state index in [4.69, 9.17) is 15.1 Å². The zero-order valence-corrected chi connectivity index (χ0v) is 9.69. The Kier molecular flexibility index (Phi) is 3.70. The summed E-state index contributed by atoms with van der Waals surface area (Å²) in [6.45, 7) is 0. The van der Waals surface area contributed by atoms with Crippen LogP contribution in [0.25, 0.3) is 0 Å². The lowest BCUT2D eigenvalue weighted by Crippen LogP contribution is -2.09. The molecular formula is C10H9NO5S. The highest BCUT2D eigenvalue weighted by Gasteiger charge is 2.21. The minimum atomic E-state index is -3.86. The Bertz CT molecular complexity index is 585. The molecule has 1 aromatic carbocycles. The molecule has 0 saturated carbocycles. The molecule has 0 bridgehead atoms. The summed E-state index contributed by atoms with van der Waals surface area (Å²) in [6.07, 6.45) is 0. The van der Waals surface area contributed by atoms with Crippen LogP contribution < -0.4 is 4.74 Å². The number of carboxylic acids is 1. The highest BCUT2D eigenvalue weighted by Crippen LogP contribution is 2.25. The topological polar surface area (TPSA) is 104 Å². The van der Waals surface area contributed by atoms with E-state index in [-0.39, 0.29) is 16.2 Å². The van der Waals surface area contributed by atoms with Crippen LogP contribution in [0.2, 0.25) is 0 Å². The number of nitrogens with zero attached hydrogens (tertiary/aromatic N) is 1. The molecule has 1 N–H and O–H groups in total. The van der Waals surface area contributed by atoms with Crippen molar-refractivity contribution < 1.29 is 23.1 Å². The minimum absolute atomic E-state index is 0.0188. The third-order valence-corrected chi connectivity index (χ3v) is 3.50. The van der Waals surface area contributed by atoms with Crippen molar-refractivity contribution >= 4 is 15.8 Å². The van der Waals surface area contributed by atoms with Gasteiger partial charge in [-0.3, -0.25) is 0 Å². The van der Waals surface area contributed by atoms with Crippen LogP contribution in [0.1, 0.15) is 10.4 Å². The number of ether oxygens (including phenoxy) is 1. The molecule has 17 heavy (non-hydrogen) atoms. The molecule has 0 heterocycles. The Labute approximate surface area is 98.0 Å². The Morgan fingerprint density at radius 1 is 1.53 bits per heavy atom. The van der Waals surface area contributed by atoms with Crippen LogP contribution in [-0.4, -0.2) is 32.4 Å². The van der Waals surface area contributed by atoms with E-state index in [0.717, 1.165) is 6.07 Å². The van der Waals surface area contributed by atoms with Crippen molar-refractivity contribution in [2.75, 3.05) is 12.9 Å². The smallest absolute Gasteiger partial charge is 0.335 e. The molecule has 0 aliphatic rings. The average Bonchev–Trinajstić information content (AvgIpc) is 2.28. The third kappa shape index (κ3) is 2.73. The maximum absolute atomic E-state index is 11.7. The van der Waals surface area contributed by atoms with Crippen LogP contribution in [0.5, 0.6) is 5.75 Å². The Morgan fingerprint density at radius 2 is 2.18 bits per heavy atom. The van der Waals surface area contributed by atoms with Gasteiger partial charge in [0.25, 0.3) is 0 Å². The largest absolute Gasteiger partial charge is 0.495 e. The van der Waals surface area contributed by atoms with Crippen LogP contribution in [0.4, 0.5) is 0 Å². The lowest BCUT2D eigenvalue weighted by Gasteiger charge is -2.08. The molecule has 90 valence electrons. The molecule has 0 amide bonds. The fourth-order valence-corrected chi connectivity index (χ4v) is 2.31. The summed E-state index contributed by atoms with van der Waals surface area (Å²) in [5, 5.41) is 17.2. The second-order valence-corrected chi connectivity index (χ2v) is 5.05. The van der Waals surface area contributed by atoms with Crippen molar-refractivity contribution in [3.8, 4) is 11.8 Å². The molecule has 0 radical (unpaired) electrons. The predicted molar refractivity (Wildman–Crippen MR) is 57.6 cm³/mol. The van der Waals surface area contributed by atoms with E-state index in [2.05, 4.69) is 0 Å². The van der Waals surface area contributed by atoms with Gasteiger partial charge in [-0.15, -0.1) is 0 Å². The van der Waals surface area contributed by atoms with Gasteiger partial charge in [-0.2, -0.15) is 5.26 Å². The first-order chi connectivity index (χ1) is 7.92. The number of carboxylic acid groups (broad SMARTS) is 1. The summed E-state index contributed by atoms with van der Waals surface area (Å²) in [6, 6.07) is 4.97. The highest BCUT2D eigenvalue weighted by molar-refractivity contribution is 7.91. The van der Waals surface area contributed by atoms with Gasteiger partial charge in [0.05, 0.1) is 18.7 Å². The number of methoxy groups -OCH3 is 1. The number of benzene rings is 1. The number of carbonyl (C=O) groups is 1. The SMILES string of the molecule is COc1ccc(C(=O)O)cc1S(=O)(=O)CC#N. The lowest BCUT2D eigenvalue weighted by molar-refractivity contribution is 0.0696. The Hall–Kier alpha value is -2.07. The lowest BCUT2D eigenvalue weighted by atomic mass is 10.2. The van der Waals surface area contributed by atoms with E-state index in [1.807, 2.05) is 0 Å². The summed E-state index contributed by atoms with van der Waals surface area (Å²) < 4.78 is 28.2. The van der Waals surface area contributed by atoms with Gasteiger partial charge in [0.2, 0.25) is 0 Å². The maximum Gasteiger partial charge on any atom is 0.335 e. The predicted octanol–water partition coefficient (Wildman–Crippen LogP) is 0.691. The van der Waals surface area contributed by atoms with Gasteiger partial charge in [0.15, 0.2) is 9.84 Å². The Balaban J connectivity index is 3.45. The Morgan fingerprint density at radius 3 is 2.65 bits per heavy atom. The van der Waals surface area contributed by atoms with Gasteiger partial charge in [-0.1, -0.05) is 0 Å². The number of hydrogen-bond acceptors (Lipinski definition) is 5. The number of nitriles is 1. The monoisotopic (exact) mass is 255 g/mol. The van der Waals surface area contributed by atoms with Crippen molar-refractivity contribution in [3.63, 3.8) is 0 Å². The molecule has 7 heteroatoms. The quantitative estimate of drug-likeness (QED) is 0.848. The van der Waals surface area contributed by atoms with Gasteiger partial charge in [0, 0.05) is 0 Å². The molecule has 0 unspecified atom stereocenters. The second-order valence-electron chi connectivity index (χ2n) is 3.09. The van der Waals surface area contributed by atoms with Crippen molar-refractivity contribution in [1.29, 1.82) is 5.26 Å². The number of aromatic carboxylic acids is 1. The van der Waals surface area contributed by atoms with Gasteiger partial charge >= 0.3 is 5.97 Å². The molecule has 1 aromatic rings. The number of sulfone groups is 1. The first-order valence-electron chi connectivity index (χ1n) is 4.43. The van der Waals surface area contributed by atoms with Crippen molar-refractivity contribution in [2.24, 2.45) is 0 Å². The molecular weight excluding hydrogens is 246 g/mol. The van der Waals surface area contributed by atoms with E-state index in [9.17, 15) is 13.2 Å². The fourth-order valence-electron chi connectivity index (χ4n) is 1.22. The zero-order chi connectivity index (χ0) is 13.1. The van der Waals surface area contributed by atoms with Crippen LogP contribution in [-0.2, 0) is 9.84 Å². The minimum Gasteiger partial charge on any atom is -0.495 e. The van der Waals surface area contributed by atoms with Gasteiger partial charge in [0.1, 0.15) is 16.4 Å². The van der Waals surface area contributed by atoms with E-state index in [1.165, 1.54) is 25.3 Å². The van der Waals surface area contributed by atoms with E-state index in [1.54, 1.807) is 0 Å². The van der Waals surface area contributed by atoms with Crippen molar-refractivity contribution in [1.82, 2.24) is 0 Å². The molecule has 0 saturated heterocycles. The maximum atomic E-state index is 11.7. The first-order valence-corrected chi connectivity index (χ1v) is 6.08. The average molecular weight is 255 g/mol. The summed E-state index contributed by atoms with van der Waals surface area (Å²) in [5.74, 6) is -1.96. The van der Waals surface area contributed by atoms with Crippen molar-refractivity contribution in [3.05, 3.63) is 23.8 Å². The second kappa shape index (κ2) is 4.84. The first kappa shape index (κ1) is 13.0. The molecule has 0 atom stereocenters. The number of rotatable bonds is 4. The number of hydrogen-bond donors (Lipinski definition) is 1. The molecule has 6 nitrogen and oxygen atoms in total. The summed E-state index contributed by atoms with van der Waals surface area (Å²) >= 11 is 0. The zero-order valence-electron chi connectivity index (χ0n) is 8.87. The normalized spacial score (nSPS) is 10.6. The summed E-state index contributed by atoms with van der Waals surface area (Å²) in [4.78, 5) is 10.4. The van der Waals surface area contributed by atoms with Crippen LogP contribution >= 0.6 is 0 Å². The molecule has 0 spiro atoms. The standard InChI is InChI=1S/C10H9NO5S/c1-16-8-3-2-7(10(12)13)6-9(8)17(14,15)5-4-11/h2-3,6H,5H2,1H3,(H,12,13). The van der Waals surface area contributed by atoms with Crippen LogP contribution in [0.15, 0.2) is 23.1 Å². The molecule has 0 aliphatic carbocycles. The van der Waals surface area contributed by atoms with Crippen molar-refractivity contribution in [2.45, 2.75) is 4.90 Å². The molecule has 0 aliphatic heterocycles. The van der Waals surface area contributed by atoms with Gasteiger partial charge in [-0.05, 0) is 18.2 Å². The van der Waals surface area contributed by atoms with Crippen LogP contribution in [0.3, 0.4) is 0 Å². The fraction of sp³-hybridized carbons (Fsp3) is 0.200. The molecule has 0 fully saturated rings. The van der Waals surface area contributed by atoms with Crippen LogP contribution in [0, 0.1) is 11.3 Å². The van der Waals surface area contributed by atoms with E-state index in [0.29, 0.717) is 0 Å². The third-order valence-electron chi connectivity index (χ3n) is 2.00. The highest BCUT2D eigenvalue weighted by atomic mass is 32.2. The molecule has 0 aromatic heterocycles. The van der Waals surface area contributed by atoms with Gasteiger partial charge < -0.3 is 9.84 Å². The molecule has 1 rings (SSSR count). The van der Waals surface area contributed by atoms with E-state index >= 15 is 0 Å². The van der Waals surface area contributed by atoms with E-state index < -0.39 is 21.6 Å². The summed E-state index contributed by atoms with van der Waals surface area (Å²) in [7, 11) is -2.59. The van der Waals surface area contributed by atoms with Gasteiger partial charge in [-0.25, -0.2) is 13.2 Å². The summed E-state index contributed by atoms with van der Waals surface area (Å²) in [5.41, 5.74) is -0.178.